The van der Waals surface area contributed by atoms with E-state index in [-0.39, 0.29) is 0 Å². The molecule has 0 spiro atoms. The molecule has 0 aliphatic carbocycles. The van der Waals surface area contributed by atoms with Crippen molar-refractivity contribution in [1.29, 1.82) is 0 Å². The van der Waals surface area contributed by atoms with Gasteiger partial charge in [0.25, 0.3) is 0 Å². The van der Waals surface area contributed by atoms with Crippen molar-refractivity contribution in [3.8, 4) is 0 Å². The van der Waals surface area contributed by atoms with Crippen molar-refractivity contribution in [3.63, 3.8) is 0 Å². The number of hydrogen-bond donors (Lipinski definition) is 2. The molecule has 1 saturated heterocycles. The van der Waals surface area contributed by atoms with Crippen LogP contribution in [-0.2, 0) is 6.42 Å². The number of nitrogens with one attached hydrogen (secondary N) is 2. The molecule has 0 aromatic heterocycles. The first-order valence-corrected chi connectivity index (χ1v) is 6.27. The van der Waals surface area contributed by atoms with Gasteiger partial charge in [0.05, 0.1) is 0 Å². The minimum atomic E-state index is 0.561. The lowest BCUT2D eigenvalue weighted by Gasteiger charge is -2.19. The van der Waals surface area contributed by atoms with E-state index >= 15 is 0 Å². The molecule has 1 aromatic carbocycles. The van der Waals surface area contributed by atoms with Crippen LogP contribution >= 0.6 is 0 Å². The summed E-state index contributed by atoms with van der Waals surface area (Å²) in [4.78, 5) is 0. The van der Waals surface area contributed by atoms with E-state index in [1.165, 1.54) is 17.5 Å². The first-order valence-electron chi connectivity index (χ1n) is 6.27. The highest BCUT2D eigenvalue weighted by Crippen LogP contribution is 2.10. The summed E-state index contributed by atoms with van der Waals surface area (Å²) < 4.78 is 0. The summed E-state index contributed by atoms with van der Waals surface area (Å²) in [6, 6.07) is 9.90. The fourth-order valence-corrected chi connectivity index (χ4v) is 2.43. The zero-order valence-electron chi connectivity index (χ0n) is 10.3. The van der Waals surface area contributed by atoms with Crippen molar-refractivity contribution in [2.45, 2.75) is 38.8 Å². The highest BCUT2D eigenvalue weighted by Gasteiger charge is 2.16. The Morgan fingerprint density at radius 1 is 1.44 bits per heavy atom. The van der Waals surface area contributed by atoms with E-state index in [1.807, 2.05) is 0 Å². The van der Waals surface area contributed by atoms with Crippen molar-refractivity contribution in [2.24, 2.45) is 0 Å². The topological polar surface area (TPSA) is 24.1 Å². The van der Waals surface area contributed by atoms with E-state index in [2.05, 4.69) is 48.7 Å². The number of benzene rings is 1. The molecule has 1 heterocycles. The van der Waals surface area contributed by atoms with E-state index in [4.69, 9.17) is 0 Å². The molecule has 1 aliphatic rings. The third-order valence-corrected chi connectivity index (χ3v) is 3.37. The lowest BCUT2D eigenvalue weighted by Crippen LogP contribution is -2.39. The number of aryl methyl sites for hydroxylation is 1. The van der Waals surface area contributed by atoms with E-state index in [0.717, 1.165) is 19.5 Å². The SMILES string of the molecule is Cc1ccccc1CC(C)NC1CCNC1. The van der Waals surface area contributed by atoms with Crippen molar-refractivity contribution in [3.05, 3.63) is 35.4 Å². The minimum Gasteiger partial charge on any atom is -0.315 e. The molecule has 16 heavy (non-hydrogen) atoms. The molecule has 0 saturated carbocycles. The van der Waals surface area contributed by atoms with Gasteiger partial charge in [-0.15, -0.1) is 0 Å². The molecule has 2 nitrogen and oxygen atoms in total. The lowest BCUT2D eigenvalue weighted by molar-refractivity contribution is 0.463. The van der Waals surface area contributed by atoms with Crippen molar-refractivity contribution >= 4 is 0 Å². The van der Waals surface area contributed by atoms with Crippen molar-refractivity contribution < 1.29 is 0 Å². The molecule has 0 bridgehead atoms. The van der Waals surface area contributed by atoms with Crippen LogP contribution < -0.4 is 10.6 Å². The smallest absolute Gasteiger partial charge is 0.0207 e. The average Bonchev–Trinajstić information content (AvgIpc) is 2.74. The van der Waals surface area contributed by atoms with Crippen LogP contribution in [0, 0.1) is 6.92 Å². The van der Waals surface area contributed by atoms with Crippen LogP contribution in [0.4, 0.5) is 0 Å². The van der Waals surface area contributed by atoms with E-state index < -0.39 is 0 Å². The quantitative estimate of drug-likeness (QED) is 0.806. The molecule has 2 heteroatoms. The third-order valence-electron chi connectivity index (χ3n) is 3.37. The van der Waals surface area contributed by atoms with Crippen LogP contribution in [0.3, 0.4) is 0 Å². The van der Waals surface area contributed by atoms with Crippen LogP contribution in [0.1, 0.15) is 24.5 Å². The Labute approximate surface area is 98.4 Å². The average molecular weight is 218 g/mol. The first kappa shape index (κ1) is 11.6. The van der Waals surface area contributed by atoms with Crippen LogP contribution in [0.15, 0.2) is 24.3 Å². The van der Waals surface area contributed by atoms with Gasteiger partial charge in [-0.2, -0.15) is 0 Å². The summed E-state index contributed by atoms with van der Waals surface area (Å²) in [6.45, 7) is 6.76. The fraction of sp³-hybridized carbons (Fsp3) is 0.571. The summed E-state index contributed by atoms with van der Waals surface area (Å²) in [5.41, 5.74) is 2.87. The molecule has 2 N–H and O–H groups in total. The van der Waals surface area contributed by atoms with Gasteiger partial charge in [0, 0.05) is 18.6 Å². The highest BCUT2D eigenvalue weighted by molar-refractivity contribution is 5.26. The highest BCUT2D eigenvalue weighted by atomic mass is 15.0. The van der Waals surface area contributed by atoms with Gasteiger partial charge in [-0.05, 0) is 44.4 Å². The first-order chi connectivity index (χ1) is 7.75. The maximum absolute atomic E-state index is 3.69. The molecular formula is C14H22N2. The minimum absolute atomic E-state index is 0.561. The Hall–Kier alpha value is -0.860. The fourth-order valence-electron chi connectivity index (χ4n) is 2.43. The molecule has 0 amide bonds. The number of rotatable bonds is 4. The lowest BCUT2D eigenvalue weighted by atomic mass is 10.0. The van der Waals surface area contributed by atoms with Gasteiger partial charge < -0.3 is 10.6 Å². The van der Waals surface area contributed by atoms with Crippen LogP contribution in [0.25, 0.3) is 0 Å². The van der Waals surface area contributed by atoms with Crippen LogP contribution in [-0.4, -0.2) is 25.2 Å². The maximum Gasteiger partial charge on any atom is 0.0207 e. The zero-order valence-corrected chi connectivity index (χ0v) is 10.3. The largest absolute Gasteiger partial charge is 0.315 e. The predicted octanol–water partition coefficient (Wildman–Crippen LogP) is 1.88. The van der Waals surface area contributed by atoms with Crippen molar-refractivity contribution in [1.82, 2.24) is 10.6 Å². The second-order valence-corrected chi connectivity index (χ2v) is 4.89. The summed E-state index contributed by atoms with van der Waals surface area (Å²) in [5.74, 6) is 0. The van der Waals surface area contributed by atoms with Gasteiger partial charge >= 0.3 is 0 Å². The van der Waals surface area contributed by atoms with Gasteiger partial charge in [-0.25, -0.2) is 0 Å². The van der Waals surface area contributed by atoms with Crippen molar-refractivity contribution in [2.75, 3.05) is 13.1 Å². The molecular weight excluding hydrogens is 196 g/mol. The molecule has 88 valence electrons. The Bertz CT molecular complexity index is 329. The summed E-state index contributed by atoms with van der Waals surface area (Å²) >= 11 is 0. The molecule has 0 radical (unpaired) electrons. The summed E-state index contributed by atoms with van der Waals surface area (Å²) in [7, 11) is 0. The van der Waals surface area contributed by atoms with Gasteiger partial charge in [0.1, 0.15) is 0 Å². The third kappa shape index (κ3) is 3.06. The van der Waals surface area contributed by atoms with Gasteiger partial charge in [-0.3, -0.25) is 0 Å². The Morgan fingerprint density at radius 3 is 2.94 bits per heavy atom. The van der Waals surface area contributed by atoms with E-state index in [9.17, 15) is 0 Å². The predicted molar refractivity (Wildman–Crippen MR) is 68.8 cm³/mol. The summed E-state index contributed by atoms with van der Waals surface area (Å²) in [6.07, 6.45) is 2.39. The van der Waals surface area contributed by atoms with Gasteiger partial charge in [-0.1, -0.05) is 24.3 Å². The molecule has 2 atom stereocenters. The van der Waals surface area contributed by atoms with E-state index in [1.54, 1.807) is 0 Å². The van der Waals surface area contributed by atoms with Crippen LogP contribution in [0.2, 0.25) is 0 Å². The van der Waals surface area contributed by atoms with E-state index in [0.29, 0.717) is 12.1 Å². The molecule has 2 rings (SSSR count). The normalized spacial score (nSPS) is 22.2. The van der Waals surface area contributed by atoms with Gasteiger partial charge in [0.2, 0.25) is 0 Å². The second kappa shape index (κ2) is 5.46. The van der Waals surface area contributed by atoms with Gasteiger partial charge in [0.15, 0.2) is 0 Å². The Morgan fingerprint density at radius 2 is 2.25 bits per heavy atom. The molecule has 2 unspecified atom stereocenters. The molecule has 1 fully saturated rings. The molecule has 1 aliphatic heterocycles. The maximum atomic E-state index is 3.69. The monoisotopic (exact) mass is 218 g/mol. The number of hydrogen-bond acceptors (Lipinski definition) is 2. The Kier molecular flexibility index (Phi) is 3.97. The summed E-state index contributed by atoms with van der Waals surface area (Å²) in [5, 5.41) is 7.08. The zero-order chi connectivity index (χ0) is 11.4. The standard InChI is InChI=1S/C14H22N2/c1-11-5-3-4-6-13(11)9-12(2)16-14-7-8-15-10-14/h3-6,12,14-16H,7-10H2,1-2H3. The van der Waals surface area contributed by atoms with Crippen LogP contribution in [0.5, 0.6) is 0 Å². The second-order valence-electron chi connectivity index (χ2n) is 4.89. The molecule has 1 aromatic rings. The Balaban J connectivity index is 1.86.